The van der Waals surface area contributed by atoms with Gasteiger partial charge in [-0.2, -0.15) is 0 Å². The number of aliphatic hydroxyl groups excluding tert-OH is 1. The first-order valence-electron chi connectivity index (χ1n) is 6.24. The number of nitrogens with two attached hydrogens (primary N) is 1. The number of aromatic nitrogens is 1. The first-order chi connectivity index (χ1) is 8.61. The van der Waals surface area contributed by atoms with Gasteiger partial charge in [-0.05, 0) is 25.0 Å². The average Bonchev–Trinajstić information content (AvgIpc) is 2.88. The molecule has 1 aliphatic heterocycles. The molecule has 5 nitrogen and oxygen atoms in total. The van der Waals surface area contributed by atoms with Gasteiger partial charge in [0, 0.05) is 31.7 Å². The Kier molecular flexibility index (Phi) is 3.93. The van der Waals surface area contributed by atoms with E-state index in [1.54, 1.807) is 24.1 Å². The van der Waals surface area contributed by atoms with E-state index in [-0.39, 0.29) is 17.9 Å². The van der Waals surface area contributed by atoms with Gasteiger partial charge in [-0.15, -0.1) is 0 Å². The quantitative estimate of drug-likeness (QED) is 0.812. The molecule has 2 rings (SSSR count). The van der Waals surface area contributed by atoms with E-state index in [9.17, 15) is 9.90 Å². The van der Waals surface area contributed by atoms with E-state index >= 15 is 0 Å². The van der Waals surface area contributed by atoms with Crippen LogP contribution < -0.4 is 5.73 Å². The molecule has 2 unspecified atom stereocenters. The molecule has 1 aliphatic rings. The number of hydrogen-bond donors (Lipinski definition) is 2. The zero-order valence-corrected chi connectivity index (χ0v) is 10.5. The zero-order chi connectivity index (χ0) is 13.1. The highest BCUT2D eigenvalue weighted by Crippen LogP contribution is 2.21. The van der Waals surface area contributed by atoms with Crippen LogP contribution >= 0.6 is 0 Å². The molecular formula is C13H19N3O2. The number of hydrogen-bond acceptors (Lipinski definition) is 4. The predicted molar refractivity (Wildman–Crippen MR) is 67.8 cm³/mol. The van der Waals surface area contributed by atoms with Crippen LogP contribution in [0.5, 0.6) is 0 Å². The number of carbonyl (C=O) groups excluding carboxylic acids is 1. The van der Waals surface area contributed by atoms with Crippen LogP contribution in [0.25, 0.3) is 0 Å². The molecule has 0 radical (unpaired) electrons. The topological polar surface area (TPSA) is 79.5 Å². The maximum atomic E-state index is 12.2. The molecular weight excluding hydrogens is 230 g/mol. The third-order valence-corrected chi connectivity index (χ3v) is 3.47. The molecule has 0 bridgehead atoms. The van der Waals surface area contributed by atoms with Crippen LogP contribution in [-0.4, -0.2) is 40.1 Å². The summed E-state index contributed by atoms with van der Waals surface area (Å²) in [5, 5.41) is 9.52. The summed E-state index contributed by atoms with van der Waals surface area (Å²) < 4.78 is 0. The van der Waals surface area contributed by atoms with Crippen molar-refractivity contribution in [1.82, 2.24) is 9.88 Å². The van der Waals surface area contributed by atoms with Gasteiger partial charge in [-0.1, -0.05) is 6.07 Å². The Morgan fingerprint density at radius 3 is 2.94 bits per heavy atom. The number of aliphatic hydroxyl groups is 1. The lowest BCUT2D eigenvalue weighted by atomic mass is 10.0. The van der Waals surface area contributed by atoms with Crippen molar-refractivity contribution < 1.29 is 9.90 Å². The Morgan fingerprint density at radius 2 is 2.44 bits per heavy atom. The van der Waals surface area contributed by atoms with Gasteiger partial charge in [-0.3, -0.25) is 9.78 Å². The Bertz CT molecular complexity index is 417. The van der Waals surface area contributed by atoms with Crippen LogP contribution in [-0.2, 0) is 6.54 Å². The van der Waals surface area contributed by atoms with Gasteiger partial charge < -0.3 is 15.7 Å². The Hall–Kier alpha value is -1.46. The molecule has 2 heterocycles. The Balaban J connectivity index is 2.03. The minimum Gasteiger partial charge on any atom is -0.393 e. The maximum Gasteiger partial charge on any atom is 0.272 e. The fourth-order valence-corrected chi connectivity index (χ4v) is 2.20. The van der Waals surface area contributed by atoms with Crippen molar-refractivity contribution in [3.8, 4) is 0 Å². The van der Waals surface area contributed by atoms with E-state index in [0.717, 1.165) is 12.0 Å². The molecule has 18 heavy (non-hydrogen) atoms. The lowest BCUT2D eigenvalue weighted by Gasteiger charge is -2.17. The molecule has 3 N–H and O–H groups in total. The molecule has 2 atom stereocenters. The summed E-state index contributed by atoms with van der Waals surface area (Å²) in [4.78, 5) is 18.0. The Morgan fingerprint density at radius 1 is 1.67 bits per heavy atom. The molecule has 1 amide bonds. The SMILES string of the molecule is CC(O)C1CCN(C(=O)c2ccc(CN)cn2)C1. The van der Waals surface area contributed by atoms with Gasteiger partial charge in [0.15, 0.2) is 0 Å². The molecule has 0 aliphatic carbocycles. The fourth-order valence-electron chi connectivity index (χ4n) is 2.20. The zero-order valence-electron chi connectivity index (χ0n) is 10.5. The predicted octanol–water partition coefficient (Wildman–Crippen LogP) is 0.383. The number of nitrogens with zero attached hydrogens (tertiary/aromatic N) is 2. The molecule has 1 fully saturated rings. The minimum atomic E-state index is -0.365. The van der Waals surface area contributed by atoms with Crippen LogP contribution in [0.2, 0.25) is 0 Å². The molecule has 1 saturated heterocycles. The third kappa shape index (κ3) is 2.68. The van der Waals surface area contributed by atoms with E-state index in [1.165, 1.54) is 0 Å². The summed E-state index contributed by atoms with van der Waals surface area (Å²) in [7, 11) is 0. The van der Waals surface area contributed by atoms with Crippen LogP contribution in [0.4, 0.5) is 0 Å². The first kappa shape index (κ1) is 13.0. The summed E-state index contributed by atoms with van der Waals surface area (Å²) in [6.45, 7) is 3.49. The summed E-state index contributed by atoms with van der Waals surface area (Å²) in [6, 6.07) is 3.53. The second kappa shape index (κ2) is 5.46. The first-order valence-corrected chi connectivity index (χ1v) is 6.24. The summed E-state index contributed by atoms with van der Waals surface area (Å²) in [6.07, 6.45) is 2.12. The van der Waals surface area contributed by atoms with Crippen LogP contribution in [0.1, 0.15) is 29.4 Å². The fraction of sp³-hybridized carbons (Fsp3) is 0.538. The van der Waals surface area contributed by atoms with Crippen molar-refractivity contribution >= 4 is 5.91 Å². The summed E-state index contributed by atoms with van der Waals surface area (Å²) in [5.41, 5.74) is 6.84. The standard InChI is InChI=1S/C13H19N3O2/c1-9(17)11-4-5-16(8-11)13(18)12-3-2-10(6-14)7-15-12/h2-3,7,9,11,17H,4-6,8,14H2,1H3. The van der Waals surface area contributed by atoms with Gasteiger partial charge in [0.1, 0.15) is 5.69 Å². The van der Waals surface area contributed by atoms with Gasteiger partial charge in [0.25, 0.3) is 5.91 Å². The van der Waals surface area contributed by atoms with Crippen molar-refractivity contribution in [3.63, 3.8) is 0 Å². The highest BCUT2D eigenvalue weighted by molar-refractivity contribution is 5.92. The normalized spacial score (nSPS) is 21.1. The number of amides is 1. The van der Waals surface area contributed by atoms with Gasteiger partial charge >= 0.3 is 0 Å². The van der Waals surface area contributed by atoms with Gasteiger partial charge in [-0.25, -0.2) is 0 Å². The maximum absolute atomic E-state index is 12.2. The van der Waals surface area contributed by atoms with E-state index in [1.807, 2.05) is 6.07 Å². The molecule has 0 spiro atoms. The lowest BCUT2D eigenvalue weighted by Crippen LogP contribution is -2.31. The molecule has 1 aromatic rings. The van der Waals surface area contributed by atoms with Gasteiger partial charge in [0.2, 0.25) is 0 Å². The van der Waals surface area contributed by atoms with Crippen molar-refractivity contribution in [2.24, 2.45) is 11.7 Å². The largest absolute Gasteiger partial charge is 0.393 e. The minimum absolute atomic E-state index is 0.0679. The lowest BCUT2D eigenvalue weighted by molar-refractivity contribution is 0.0757. The number of pyridine rings is 1. The second-order valence-electron chi connectivity index (χ2n) is 4.80. The van der Waals surface area contributed by atoms with Crippen LogP contribution in [0, 0.1) is 5.92 Å². The van der Waals surface area contributed by atoms with Crippen molar-refractivity contribution in [3.05, 3.63) is 29.6 Å². The van der Waals surface area contributed by atoms with E-state index in [0.29, 0.717) is 25.3 Å². The van der Waals surface area contributed by atoms with Crippen molar-refractivity contribution in [1.29, 1.82) is 0 Å². The molecule has 98 valence electrons. The van der Waals surface area contributed by atoms with Gasteiger partial charge in [0.05, 0.1) is 6.10 Å². The van der Waals surface area contributed by atoms with E-state index in [2.05, 4.69) is 4.98 Å². The molecule has 0 aromatic carbocycles. The second-order valence-corrected chi connectivity index (χ2v) is 4.80. The molecule has 5 heteroatoms. The smallest absolute Gasteiger partial charge is 0.272 e. The van der Waals surface area contributed by atoms with Crippen LogP contribution in [0.3, 0.4) is 0 Å². The van der Waals surface area contributed by atoms with E-state index < -0.39 is 0 Å². The van der Waals surface area contributed by atoms with Crippen molar-refractivity contribution in [2.45, 2.75) is 26.0 Å². The monoisotopic (exact) mass is 249 g/mol. The molecule has 1 aromatic heterocycles. The number of rotatable bonds is 3. The average molecular weight is 249 g/mol. The van der Waals surface area contributed by atoms with E-state index in [4.69, 9.17) is 5.73 Å². The van der Waals surface area contributed by atoms with Crippen molar-refractivity contribution in [2.75, 3.05) is 13.1 Å². The number of carbonyl (C=O) groups is 1. The summed E-state index contributed by atoms with van der Waals surface area (Å²) >= 11 is 0. The highest BCUT2D eigenvalue weighted by Gasteiger charge is 2.29. The van der Waals surface area contributed by atoms with Crippen LogP contribution in [0.15, 0.2) is 18.3 Å². The third-order valence-electron chi connectivity index (χ3n) is 3.47. The number of likely N-dealkylation sites (tertiary alicyclic amines) is 1. The Labute approximate surface area is 107 Å². The molecule has 0 saturated carbocycles. The summed E-state index contributed by atoms with van der Waals surface area (Å²) in [5.74, 6) is 0.110. The highest BCUT2D eigenvalue weighted by atomic mass is 16.3.